The standard InChI is InChI=1S/C36H56N4O2/c1-5-8-10-11-12-13-14-15-16-17-18-19-21-31-22-24-32(25-23-31)38-39-34-29(4)33(28-37)35(41)40(36(34)42)27-26-30(7-3)20-9-6-2/h22-25,30,41H,5-21,26-27H2,1-4H3. The number of aromatic hydroxyl groups is 1. The average Bonchev–Trinajstić information content (AvgIpc) is 3.00. The number of azo groups is 1. The molecule has 6 heteroatoms. The Balaban J connectivity index is 1.89. The van der Waals surface area contributed by atoms with Crippen molar-refractivity contribution >= 4 is 11.4 Å². The first-order valence-corrected chi connectivity index (χ1v) is 16.8. The van der Waals surface area contributed by atoms with E-state index in [9.17, 15) is 15.2 Å². The van der Waals surface area contributed by atoms with Crippen LogP contribution in [0.5, 0.6) is 5.88 Å². The first-order valence-electron chi connectivity index (χ1n) is 16.8. The van der Waals surface area contributed by atoms with Crippen LogP contribution in [0.15, 0.2) is 39.3 Å². The highest BCUT2D eigenvalue weighted by atomic mass is 16.3. The van der Waals surface area contributed by atoms with E-state index in [2.05, 4.69) is 49.2 Å². The number of nitriles is 1. The van der Waals surface area contributed by atoms with E-state index in [0.29, 0.717) is 23.7 Å². The predicted molar refractivity (Wildman–Crippen MR) is 175 cm³/mol. The molecule has 0 saturated carbocycles. The van der Waals surface area contributed by atoms with E-state index >= 15 is 0 Å². The van der Waals surface area contributed by atoms with E-state index in [1.807, 2.05) is 12.1 Å². The van der Waals surface area contributed by atoms with Crippen molar-refractivity contribution in [1.82, 2.24) is 4.57 Å². The third kappa shape index (κ3) is 12.1. The molecule has 0 amide bonds. The average molecular weight is 577 g/mol. The number of benzene rings is 1. The van der Waals surface area contributed by atoms with Crippen LogP contribution in [-0.2, 0) is 13.0 Å². The molecule has 42 heavy (non-hydrogen) atoms. The fourth-order valence-corrected chi connectivity index (χ4v) is 5.63. The number of rotatable bonds is 22. The molecule has 6 nitrogen and oxygen atoms in total. The highest BCUT2D eigenvalue weighted by Crippen LogP contribution is 2.28. The number of aryl methyl sites for hydroxylation is 1. The molecule has 232 valence electrons. The van der Waals surface area contributed by atoms with Crippen molar-refractivity contribution in [2.24, 2.45) is 16.1 Å². The zero-order valence-electron chi connectivity index (χ0n) is 27.0. The summed E-state index contributed by atoms with van der Waals surface area (Å²) in [6, 6.07) is 10.1. The van der Waals surface area contributed by atoms with Gasteiger partial charge in [-0.3, -0.25) is 9.36 Å². The maximum absolute atomic E-state index is 13.3. The molecule has 1 heterocycles. The van der Waals surface area contributed by atoms with Gasteiger partial charge in [0.05, 0.1) is 5.69 Å². The van der Waals surface area contributed by atoms with Gasteiger partial charge in [0.25, 0.3) is 5.56 Å². The number of hydrogen-bond donors (Lipinski definition) is 1. The van der Waals surface area contributed by atoms with Crippen molar-refractivity contribution in [2.45, 2.75) is 150 Å². The zero-order valence-corrected chi connectivity index (χ0v) is 27.0. The van der Waals surface area contributed by atoms with Crippen molar-refractivity contribution < 1.29 is 5.11 Å². The summed E-state index contributed by atoms with van der Waals surface area (Å²) in [6.45, 7) is 8.60. The lowest BCUT2D eigenvalue weighted by molar-refractivity contribution is 0.356. The lowest BCUT2D eigenvalue weighted by Crippen LogP contribution is -2.23. The summed E-state index contributed by atoms with van der Waals surface area (Å²) in [7, 11) is 0. The molecule has 0 aliphatic heterocycles. The van der Waals surface area contributed by atoms with Gasteiger partial charge in [-0.05, 0) is 49.8 Å². The Morgan fingerprint density at radius 2 is 1.38 bits per heavy atom. The Labute approximate surface area is 255 Å². The van der Waals surface area contributed by atoms with Gasteiger partial charge in [-0.1, -0.05) is 129 Å². The Bertz CT molecular complexity index is 1160. The molecule has 0 saturated heterocycles. The molecule has 0 aliphatic carbocycles. The topological polar surface area (TPSA) is 90.7 Å². The summed E-state index contributed by atoms with van der Waals surface area (Å²) in [6.07, 6.45) is 22.4. The molecule has 0 bridgehead atoms. The molecule has 1 aromatic heterocycles. The number of aromatic nitrogens is 1. The van der Waals surface area contributed by atoms with Gasteiger partial charge in [0.15, 0.2) is 5.69 Å². The largest absolute Gasteiger partial charge is 0.493 e. The van der Waals surface area contributed by atoms with Gasteiger partial charge in [0.2, 0.25) is 5.88 Å². The van der Waals surface area contributed by atoms with Gasteiger partial charge in [0, 0.05) is 12.1 Å². The van der Waals surface area contributed by atoms with Gasteiger partial charge in [0.1, 0.15) is 11.6 Å². The van der Waals surface area contributed by atoms with Crippen LogP contribution in [-0.4, -0.2) is 9.67 Å². The van der Waals surface area contributed by atoms with E-state index in [1.54, 1.807) is 6.92 Å². The van der Waals surface area contributed by atoms with Crippen LogP contribution in [0, 0.1) is 24.2 Å². The van der Waals surface area contributed by atoms with Gasteiger partial charge >= 0.3 is 0 Å². The fraction of sp³-hybridized carbons (Fsp3) is 0.667. The maximum atomic E-state index is 13.3. The van der Waals surface area contributed by atoms with Crippen molar-refractivity contribution in [2.75, 3.05) is 0 Å². The van der Waals surface area contributed by atoms with Gasteiger partial charge < -0.3 is 5.11 Å². The van der Waals surface area contributed by atoms with E-state index in [1.165, 1.54) is 87.2 Å². The van der Waals surface area contributed by atoms with Crippen LogP contribution in [0.4, 0.5) is 11.4 Å². The number of unbranched alkanes of at least 4 members (excludes halogenated alkanes) is 12. The second-order valence-electron chi connectivity index (χ2n) is 12.0. The monoisotopic (exact) mass is 576 g/mol. The smallest absolute Gasteiger partial charge is 0.281 e. The summed E-state index contributed by atoms with van der Waals surface area (Å²) < 4.78 is 1.30. The van der Waals surface area contributed by atoms with Crippen LogP contribution in [0.3, 0.4) is 0 Å². The molecule has 0 aliphatic rings. The minimum absolute atomic E-state index is 0.0860. The Hall–Kier alpha value is -2.94. The lowest BCUT2D eigenvalue weighted by Gasteiger charge is -2.17. The third-order valence-corrected chi connectivity index (χ3v) is 8.59. The van der Waals surface area contributed by atoms with Crippen LogP contribution in [0.25, 0.3) is 0 Å². The third-order valence-electron chi connectivity index (χ3n) is 8.59. The van der Waals surface area contributed by atoms with Gasteiger partial charge in [-0.15, -0.1) is 5.11 Å². The Morgan fingerprint density at radius 1 is 0.810 bits per heavy atom. The molecular weight excluding hydrogens is 520 g/mol. The molecule has 1 atom stereocenters. The molecule has 0 fully saturated rings. The van der Waals surface area contributed by atoms with Gasteiger partial charge in [-0.25, -0.2) is 0 Å². The number of nitrogens with zero attached hydrogens (tertiary/aromatic N) is 4. The first kappa shape index (κ1) is 35.3. The molecule has 2 rings (SSSR count). The minimum Gasteiger partial charge on any atom is -0.493 e. The van der Waals surface area contributed by atoms with Crippen LogP contribution < -0.4 is 5.56 Å². The highest BCUT2D eigenvalue weighted by Gasteiger charge is 2.20. The summed E-state index contributed by atoms with van der Waals surface area (Å²) in [5, 5.41) is 29.0. The zero-order chi connectivity index (χ0) is 30.6. The van der Waals surface area contributed by atoms with E-state index in [-0.39, 0.29) is 17.1 Å². The Morgan fingerprint density at radius 3 is 1.93 bits per heavy atom. The molecular formula is C36H56N4O2. The van der Waals surface area contributed by atoms with Crippen LogP contribution in [0.1, 0.15) is 147 Å². The molecule has 1 aromatic carbocycles. The quantitative estimate of drug-likeness (QED) is 0.112. The van der Waals surface area contributed by atoms with E-state index in [0.717, 1.165) is 38.5 Å². The maximum Gasteiger partial charge on any atom is 0.281 e. The fourth-order valence-electron chi connectivity index (χ4n) is 5.63. The normalized spacial score (nSPS) is 12.2. The summed E-state index contributed by atoms with van der Waals surface area (Å²) in [4.78, 5) is 13.3. The second kappa shape index (κ2) is 20.9. The molecule has 1 unspecified atom stereocenters. The van der Waals surface area contributed by atoms with Crippen molar-refractivity contribution in [3.05, 3.63) is 51.3 Å². The van der Waals surface area contributed by atoms with Crippen molar-refractivity contribution in [1.29, 1.82) is 5.26 Å². The summed E-state index contributed by atoms with van der Waals surface area (Å²) in [5.74, 6) is 0.202. The molecule has 0 radical (unpaired) electrons. The highest BCUT2D eigenvalue weighted by molar-refractivity contribution is 5.56. The van der Waals surface area contributed by atoms with Crippen LogP contribution >= 0.6 is 0 Å². The molecule has 0 spiro atoms. The van der Waals surface area contributed by atoms with Crippen LogP contribution in [0.2, 0.25) is 0 Å². The SMILES string of the molecule is CCCCCCCCCCCCCCc1ccc(N=Nc2c(C)c(C#N)c(O)n(CCC(CC)CCCC)c2=O)cc1. The number of pyridine rings is 1. The lowest BCUT2D eigenvalue weighted by atomic mass is 9.96. The Kier molecular flexibility index (Phi) is 17.5. The van der Waals surface area contributed by atoms with Crippen molar-refractivity contribution in [3.8, 4) is 11.9 Å². The predicted octanol–water partition coefficient (Wildman–Crippen LogP) is 11.0. The minimum atomic E-state index is -0.401. The van der Waals surface area contributed by atoms with E-state index < -0.39 is 5.56 Å². The molecule has 1 N–H and O–H groups in total. The van der Waals surface area contributed by atoms with E-state index in [4.69, 9.17) is 0 Å². The van der Waals surface area contributed by atoms with Crippen molar-refractivity contribution in [3.63, 3.8) is 0 Å². The molecule has 2 aromatic rings. The summed E-state index contributed by atoms with van der Waals surface area (Å²) in [5.41, 5.74) is 2.11. The number of hydrogen-bond acceptors (Lipinski definition) is 5. The summed E-state index contributed by atoms with van der Waals surface area (Å²) >= 11 is 0. The first-order chi connectivity index (χ1) is 20.5. The second-order valence-corrected chi connectivity index (χ2v) is 12.0. The van der Waals surface area contributed by atoms with Gasteiger partial charge in [-0.2, -0.15) is 10.4 Å².